The predicted octanol–water partition coefficient (Wildman–Crippen LogP) is 2.60. The van der Waals surface area contributed by atoms with Crippen molar-refractivity contribution >= 4 is 12.1 Å². The van der Waals surface area contributed by atoms with Gasteiger partial charge in [-0.3, -0.25) is 9.78 Å². The van der Waals surface area contributed by atoms with Crippen molar-refractivity contribution in [1.29, 1.82) is 0 Å². The molecule has 1 aromatic heterocycles. The third-order valence-electron chi connectivity index (χ3n) is 2.69. The summed E-state index contributed by atoms with van der Waals surface area (Å²) < 4.78 is 0. The SMILES string of the molecule is C[C@@H](/C=N/NC(=O)c1ccccn1)c1ccccc1. The first-order valence-electron chi connectivity index (χ1n) is 6.07. The number of hydrazone groups is 1. The lowest BCUT2D eigenvalue weighted by Gasteiger charge is -2.05. The fourth-order valence-electron chi connectivity index (χ4n) is 1.60. The van der Waals surface area contributed by atoms with Gasteiger partial charge in [0.1, 0.15) is 5.69 Å². The fourth-order valence-corrected chi connectivity index (χ4v) is 1.60. The lowest BCUT2D eigenvalue weighted by Crippen LogP contribution is -2.19. The van der Waals surface area contributed by atoms with Gasteiger partial charge in [0.2, 0.25) is 0 Å². The first-order valence-corrected chi connectivity index (χ1v) is 6.07. The van der Waals surface area contributed by atoms with E-state index in [-0.39, 0.29) is 11.8 Å². The van der Waals surface area contributed by atoms with Crippen LogP contribution in [-0.4, -0.2) is 17.1 Å². The van der Waals surface area contributed by atoms with Crippen molar-refractivity contribution < 1.29 is 4.79 Å². The zero-order valence-corrected chi connectivity index (χ0v) is 10.7. The monoisotopic (exact) mass is 253 g/mol. The average Bonchev–Trinajstić information content (AvgIpc) is 2.49. The number of aromatic nitrogens is 1. The molecule has 1 heterocycles. The lowest BCUT2D eigenvalue weighted by atomic mass is 10.0. The van der Waals surface area contributed by atoms with Crippen LogP contribution in [0.1, 0.15) is 28.9 Å². The molecular weight excluding hydrogens is 238 g/mol. The van der Waals surface area contributed by atoms with Crippen molar-refractivity contribution in [3.8, 4) is 0 Å². The van der Waals surface area contributed by atoms with Crippen molar-refractivity contribution in [3.05, 3.63) is 66.0 Å². The Morgan fingerprint density at radius 2 is 1.95 bits per heavy atom. The van der Waals surface area contributed by atoms with Crippen LogP contribution in [0.5, 0.6) is 0 Å². The number of carbonyl (C=O) groups excluding carboxylic acids is 1. The van der Waals surface area contributed by atoms with E-state index in [1.165, 1.54) is 0 Å². The van der Waals surface area contributed by atoms with Crippen LogP contribution in [0.3, 0.4) is 0 Å². The molecule has 1 N–H and O–H groups in total. The van der Waals surface area contributed by atoms with Crippen LogP contribution in [0.4, 0.5) is 0 Å². The third kappa shape index (κ3) is 3.74. The van der Waals surface area contributed by atoms with Gasteiger partial charge in [-0.15, -0.1) is 0 Å². The molecule has 0 spiro atoms. The summed E-state index contributed by atoms with van der Waals surface area (Å²) in [7, 11) is 0. The fraction of sp³-hybridized carbons (Fsp3) is 0.133. The quantitative estimate of drug-likeness (QED) is 0.672. The molecule has 0 unspecified atom stereocenters. The molecule has 4 heteroatoms. The van der Waals surface area contributed by atoms with Crippen molar-refractivity contribution in [3.63, 3.8) is 0 Å². The number of carbonyl (C=O) groups is 1. The largest absolute Gasteiger partial charge is 0.289 e. The predicted molar refractivity (Wildman–Crippen MR) is 75.1 cm³/mol. The van der Waals surface area contributed by atoms with Gasteiger partial charge < -0.3 is 0 Å². The Kier molecular flexibility index (Phi) is 4.39. The van der Waals surface area contributed by atoms with E-state index in [4.69, 9.17) is 0 Å². The highest BCUT2D eigenvalue weighted by Gasteiger charge is 2.04. The third-order valence-corrected chi connectivity index (χ3v) is 2.69. The van der Waals surface area contributed by atoms with E-state index in [2.05, 4.69) is 15.5 Å². The number of rotatable bonds is 4. The van der Waals surface area contributed by atoms with Gasteiger partial charge in [0, 0.05) is 18.3 Å². The van der Waals surface area contributed by atoms with Gasteiger partial charge in [0.25, 0.3) is 5.91 Å². The Balaban J connectivity index is 1.92. The molecule has 2 rings (SSSR count). The molecule has 0 saturated carbocycles. The molecule has 0 fully saturated rings. The van der Waals surface area contributed by atoms with E-state index in [1.807, 2.05) is 37.3 Å². The van der Waals surface area contributed by atoms with Crippen LogP contribution in [0.25, 0.3) is 0 Å². The zero-order chi connectivity index (χ0) is 13.5. The van der Waals surface area contributed by atoms with E-state index < -0.39 is 0 Å². The molecule has 0 radical (unpaired) electrons. The van der Waals surface area contributed by atoms with Gasteiger partial charge in [-0.2, -0.15) is 5.10 Å². The Hall–Kier alpha value is -2.49. The number of hydrogen-bond acceptors (Lipinski definition) is 3. The number of pyridine rings is 1. The summed E-state index contributed by atoms with van der Waals surface area (Å²) in [5.41, 5.74) is 3.97. The van der Waals surface area contributed by atoms with Gasteiger partial charge in [-0.05, 0) is 17.7 Å². The van der Waals surface area contributed by atoms with Crippen molar-refractivity contribution in [2.45, 2.75) is 12.8 Å². The van der Waals surface area contributed by atoms with Gasteiger partial charge >= 0.3 is 0 Å². The summed E-state index contributed by atoms with van der Waals surface area (Å²) in [6.45, 7) is 2.02. The normalized spacial score (nSPS) is 12.3. The summed E-state index contributed by atoms with van der Waals surface area (Å²) in [5.74, 6) is -0.164. The van der Waals surface area contributed by atoms with Crippen LogP contribution in [-0.2, 0) is 0 Å². The maximum atomic E-state index is 11.7. The number of nitrogens with zero attached hydrogens (tertiary/aromatic N) is 2. The molecule has 0 aliphatic rings. The van der Waals surface area contributed by atoms with Gasteiger partial charge in [-0.1, -0.05) is 43.3 Å². The standard InChI is InChI=1S/C15H15N3O/c1-12(13-7-3-2-4-8-13)11-17-18-15(19)14-9-5-6-10-16-14/h2-12H,1H3,(H,18,19)/b17-11+/t12-/m0/s1. The smallest absolute Gasteiger partial charge is 0.266 e. The number of amides is 1. The molecule has 1 atom stereocenters. The van der Waals surface area contributed by atoms with Gasteiger partial charge in [0.05, 0.1) is 0 Å². The van der Waals surface area contributed by atoms with E-state index in [9.17, 15) is 4.79 Å². The molecule has 0 bridgehead atoms. The Bertz CT molecular complexity index is 552. The summed E-state index contributed by atoms with van der Waals surface area (Å²) >= 11 is 0. The highest BCUT2D eigenvalue weighted by Crippen LogP contribution is 2.11. The molecule has 1 aromatic carbocycles. The minimum absolute atomic E-state index is 0.144. The van der Waals surface area contributed by atoms with Crippen molar-refractivity contribution in [2.24, 2.45) is 5.10 Å². The van der Waals surface area contributed by atoms with E-state index in [0.717, 1.165) is 5.56 Å². The minimum Gasteiger partial charge on any atom is -0.266 e. The first-order chi connectivity index (χ1) is 9.27. The molecule has 96 valence electrons. The van der Waals surface area contributed by atoms with Crippen LogP contribution in [0, 0.1) is 0 Å². The van der Waals surface area contributed by atoms with Gasteiger partial charge in [0.15, 0.2) is 0 Å². The number of nitrogens with one attached hydrogen (secondary N) is 1. The summed E-state index contributed by atoms with van der Waals surface area (Å²) in [5, 5.41) is 3.96. The Labute approximate surface area is 112 Å². The molecule has 4 nitrogen and oxygen atoms in total. The maximum absolute atomic E-state index is 11.7. The van der Waals surface area contributed by atoms with Crippen LogP contribution in [0.15, 0.2) is 59.8 Å². The summed E-state index contributed by atoms with van der Waals surface area (Å²) in [4.78, 5) is 15.6. The molecule has 1 amide bonds. The second kappa shape index (κ2) is 6.44. The summed E-state index contributed by atoms with van der Waals surface area (Å²) in [6, 6.07) is 15.1. The summed E-state index contributed by atoms with van der Waals surface area (Å²) in [6.07, 6.45) is 3.28. The average molecular weight is 253 g/mol. The number of benzene rings is 1. The number of hydrogen-bond donors (Lipinski definition) is 1. The lowest BCUT2D eigenvalue weighted by molar-refractivity contribution is 0.0950. The van der Waals surface area contributed by atoms with E-state index >= 15 is 0 Å². The van der Waals surface area contributed by atoms with Gasteiger partial charge in [-0.25, -0.2) is 5.43 Å². The first kappa shape index (κ1) is 13.0. The van der Waals surface area contributed by atoms with E-state index in [0.29, 0.717) is 5.69 Å². The Morgan fingerprint density at radius 3 is 2.63 bits per heavy atom. The van der Waals surface area contributed by atoms with Crippen molar-refractivity contribution in [1.82, 2.24) is 10.4 Å². The molecular formula is C15H15N3O. The Morgan fingerprint density at radius 1 is 1.21 bits per heavy atom. The highest BCUT2D eigenvalue weighted by molar-refractivity contribution is 5.92. The maximum Gasteiger partial charge on any atom is 0.289 e. The van der Waals surface area contributed by atoms with Crippen molar-refractivity contribution in [2.75, 3.05) is 0 Å². The second-order valence-electron chi connectivity index (χ2n) is 4.13. The van der Waals surface area contributed by atoms with Crippen LogP contribution < -0.4 is 5.43 Å². The molecule has 19 heavy (non-hydrogen) atoms. The molecule has 0 aliphatic carbocycles. The zero-order valence-electron chi connectivity index (χ0n) is 10.7. The van der Waals surface area contributed by atoms with Crippen LogP contribution in [0.2, 0.25) is 0 Å². The second-order valence-corrected chi connectivity index (χ2v) is 4.13. The molecule has 0 saturated heterocycles. The molecule has 2 aromatic rings. The minimum atomic E-state index is -0.308. The van der Waals surface area contributed by atoms with Crippen LogP contribution >= 0.6 is 0 Å². The topological polar surface area (TPSA) is 54.4 Å². The van der Waals surface area contributed by atoms with E-state index in [1.54, 1.807) is 30.6 Å². The molecule has 0 aliphatic heterocycles. The highest BCUT2D eigenvalue weighted by atomic mass is 16.2.